The van der Waals surface area contributed by atoms with Crippen LogP contribution >= 0.6 is 11.8 Å². The number of ether oxygens (including phenoxy) is 2. The number of phenolic OH excluding ortho intramolecular Hbond substituents is 1. The largest absolute Gasteiger partial charge is 0.504 e. The summed E-state index contributed by atoms with van der Waals surface area (Å²) >= 11 is 1.57. The lowest BCUT2D eigenvalue weighted by Crippen LogP contribution is -2.41. The van der Waals surface area contributed by atoms with Crippen LogP contribution in [0.3, 0.4) is 0 Å². The van der Waals surface area contributed by atoms with E-state index in [1.807, 2.05) is 6.92 Å². The normalized spacial score (nSPS) is 18.2. The summed E-state index contributed by atoms with van der Waals surface area (Å²) in [5.41, 5.74) is 0.809. The molecule has 1 heterocycles. The van der Waals surface area contributed by atoms with E-state index in [0.29, 0.717) is 24.5 Å². The van der Waals surface area contributed by atoms with Crippen molar-refractivity contribution in [3.05, 3.63) is 23.8 Å². The zero-order chi connectivity index (χ0) is 16.1. The van der Waals surface area contributed by atoms with Crippen LogP contribution in [0.25, 0.3) is 0 Å². The molecule has 1 N–H and O–H groups in total. The van der Waals surface area contributed by atoms with Crippen molar-refractivity contribution in [2.45, 2.75) is 18.7 Å². The molecule has 6 nitrogen and oxygen atoms in total. The van der Waals surface area contributed by atoms with Crippen LogP contribution in [0.15, 0.2) is 18.2 Å². The third-order valence-corrected chi connectivity index (χ3v) is 4.57. The molecular weight excluding hydrogens is 306 g/mol. The predicted molar refractivity (Wildman–Crippen MR) is 82.8 cm³/mol. The van der Waals surface area contributed by atoms with Gasteiger partial charge in [-0.3, -0.25) is 9.59 Å². The highest BCUT2D eigenvalue weighted by Gasteiger charge is 2.32. The van der Waals surface area contributed by atoms with Gasteiger partial charge in [-0.2, -0.15) is 0 Å². The fraction of sp³-hybridized carbons (Fsp3) is 0.467. The van der Waals surface area contributed by atoms with E-state index in [9.17, 15) is 14.7 Å². The van der Waals surface area contributed by atoms with E-state index in [0.717, 1.165) is 5.56 Å². The van der Waals surface area contributed by atoms with Gasteiger partial charge in [0.15, 0.2) is 11.5 Å². The number of esters is 1. The summed E-state index contributed by atoms with van der Waals surface area (Å²) in [4.78, 5) is 25.2. The summed E-state index contributed by atoms with van der Waals surface area (Å²) in [6.45, 7) is 2.17. The summed E-state index contributed by atoms with van der Waals surface area (Å²) in [5, 5.41) is 9.49. The molecule has 0 radical (unpaired) electrons. The Morgan fingerprint density at radius 2 is 2.27 bits per heavy atom. The molecule has 0 aromatic heterocycles. The number of hydrogen-bond acceptors (Lipinski definition) is 6. The summed E-state index contributed by atoms with van der Waals surface area (Å²) < 4.78 is 10.0. The summed E-state index contributed by atoms with van der Waals surface area (Å²) in [6, 6.07) is 4.98. The van der Waals surface area contributed by atoms with Crippen molar-refractivity contribution in [2.75, 3.05) is 26.0 Å². The van der Waals surface area contributed by atoms with Gasteiger partial charge in [-0.1, -0.05) is 6.07 Å². The number of thioether (sulfide) groups is 1. The van der Waals surface area contributed by atoms with Crippen LogP contribution < -0.4 is 4.74 Å². The maximum absolute atomic E-state index is 12.1. The Morgan fingerprint density at radius 1 is 1.50 bits per heavy atom. The molecule has 1 aromatic carbocycles. The molecule has 0 spiro atoms. The van der Waals surface area contributed by atoms with Crippen LogP contribution in [0, 0.1) is 0 Å². The Morgan fingerprint density at radius 3 is 2.95 bits per heavy atom. The Kier molecular flexibility index (Phi) is 5.54. The molecule has 1 saturated heterocycles. The van der Waals surface area contributed by atoms with Crippen molar-refractivity contribution >= 4 is 23.6 Å². The zero-order valence-electron chi connectivity index (χ0n) is 12.6. The van der Waals surface area contributed by atoms with Crippen LogP contribution in [0.5, 0.6) is 11.5 Å². The number of amides is 1. The monoisotopic (exact) mass is 325 g/mol. The minimum absolute atomic E-state index is 0.0530. The minimum atomic E-state index is -0.454. The molecule has 0 aliphatic carbocycles. The first-order valence-corrected chi connectivity index (χ1v) is 8.05. The quantitative estimate of drug-likeness (QED) is 0.834. The number of carbonyl (C=O) groups excluding carboxylic acids is 2. The number of nitrogens with zero attached hydrogens (tertiary/aromatic N) is 1. The van der Waals surface area contributed by atoms with E-state index < -0.39 is 5.97 Å². The smallest absolute Gasteiger partial charge is 0.325 e. The number of phenols is 1. The highest BCUT2D eigenvalue weighted by molar-refractivity contribution is 7.99. The molecule has 0 saturated carbocycles. The molecular formula is C15H19NO5S. The van der Waals surface area contributed by atoms with Crippen molar-refractivity contribution in [1.82, 2.24) is 4.90 Å². The van der Waals surface area contributed by atoms with E-state index in [2.05, 4.69) is 4.74 Å². The van der Waals surface area contributed by atoms with Crippen LogP contribution in [-0.2, 0) is 14.3 Å². The number of rotatable bonds is 5. The molecule has 1 aromatic rings. The molecule has 7 heteroatoms. The number of benzene rings is 1. The maximum atomic E-state index is 12.1. The first kappa shape index (κ1) is 16.5. The van der Waals surface area contributed by atoms with Gasteiger partial charge >= 0.3 is 5.97 Å². The highest BCUT2D eigenvalue weighted by Crippen LogP contribution is 2.40. The average Bonchev–Trinajstić information content (AvgIpc) is 2.51. The standard InChI is InChI=1S/C15H19NO5S/c1-3-21-12-8-10(4-5-11(12)17)15-16(9-14(19)20-2)13(18)6-7-22-15/h4-5,8,15,17H,3,6-7,9H2,1-2H3. The Balaban J connectivity index is 2.28. The molecule has 1 aliphatic rings. The molecule has 22 heavy (non-hydrogen) atoms. The summed E-state index contributed by atoms with van der Waals surface area (Å²) in [5.74, 6) is 0.574. The van der Waals surface area contributed by atoms with E-state index in [1.165, 1.54) is 18.1 Å². The average molecular weight is 325 g/mol. The number of methoxy groups -OCH3 is 1. The van der Waals surface area contributed by atoms with Gasteiger partial charge < -0.3 is 19.5 Å². The Hall–Kier alpha value is -1.89. The van der Waals surface area contributed by atoms with E-state index in [-0.39, 0.29) is 23.6 Å². The van der Waals surface area contributed by atoms with Gasteiger partial charge in [0, 0.05) is 12.2 Å². The van der Waals surface area contributed by atoms with Crippen molar-refractivity contribution < 1.29 is 24.2 Å². The topological polar surface area (TPSA) is 76.1 Å². The zero-order valence-corrected chi connectivity index (χ0v) is 13.4. The second-order valence-electron chi connectivity index (χ2n) is 4.73. The first-order chi connectivity index (χ1) is 10.6. The molecule has 1 aliphatic heterocycles. The number of carbonyl (C=O) groups is 2. The second-order valence-corrected chi connectivity index (χ2v) is 5.92. The number of aromatic hydroxyl groups is 1. The van der Waals surface area contributed by atoms with Crippen LogP contribution in [-0.4, -0.2) is 47.9 Å². The van der Waals surface area contributed by atoms with Gasteiger partial charge in [-0.05, 0) is 24.6 Å². The molecule has 120 valence electrons. The molecule has 1 amide bonds. The van der Waals surface area contributed by atoms with Crippen molar-refractivity contribution in [2.24, 2.45) is 0 Å². The van der Waals surface area contributed by atoms with Crippen molar-refractivity contribution in [3.8, 4) is 11.5 Å². The lowest BCUT2D eigenvalue weighted by Gasteiger charge is -2.34. The van der Waals surface area contributed by atoms with Gasteiger partial charge in [-0.25, -0.2) is 0 Å². The fourth-order valence-electron chi connectivity index (χ4n) is 2.23. The van der Waals surface area contributed by atoms with Crippen LogP contribution in [0.4, 0.5) is 0 Å². The van der Waals surface area contributed by atoms with Crippen molar-refractivity contribution in [3.63, 3.8) is 0 Å². The fourth-order valence-corrected chi connectivity index (χ4v) is 3.46. The summed E-state index contributed by atoms with van der Waals surface area (Å²) in [7, 11) is 1.30. The minimum Gasteiger partial charge on any atom is -0.504 e. The lowest BCUT2D eigenvalue weighted by molar-refractivity contribution is -0.147. The molecule has 1 atom stereocenters. The first-order valence-electron chi connectivity index (χ1n) is 7.00. The lowest BCUT2D eigenvalue weighted by atomic mass is 10.1. The summed E-state index contributed by atoms with van der Waals surface area (Å²) in [6.07, 6.45) is 0.397. The van der Waals surface area contributed by atoms with E-state index >= 15 is 0 Å². The third kappa shape index (κ3) is 3.65. The Labute approximate surface area is 133 Å². The van der Waals surface area contributed by atoms with E-state index in [4.69, 9.17) is 4.74 Å². The van der Waals surface area contributed by atoms with Crippen LogP contribution in [0.2, 0.25) is 0 Å². The molecule has 1 fully saturated rings. The number of hydrogen-bond donors (Lipinski definition) is 1. The third-order valence-electron chi connectivity index (χ3n) is 3.29. The molecule has 0 bridgehead atoms. The van der Waals surface area contributed by atoms with Crippen molar-refractivity contribution in [1.29, 1.82) is 0 Å². The molecule has 1 unspecified atom stereocenters. The Bertz CT molecular complexity index is 563. The predicted octanol–water partition coefficient (Wildman–Crippen LogP) is 1.93. The molecule has 2 rings (SSSR count). The highest BCUT2D eigenvalue weighted by atomic mass is 32.2. The van der Waals surface area contributed by atoms with Gasteiger partial charge in [-0.15, -0.1) is 11.8 Å². The van der Waals surface area contributed by atoms with Gasteiger partial charge in [0.05, 0.1) is 13.7 Å². The van der Waals surface area contributed by atoms with Gasteiger partial charge in [0.25, 0.3) is 0 Å². The van der Waals surface area contributed by atoms with Gasteiger partial charge in [0.2, 0.25) is 5.91 Å². The van der Waals surface area contributed by atoms with Crippen LogP contribution in [0.1, 0.15) is 24.3 Å². The maximum Gasteiger partial charge on any atom is 0.325 e. The SMILES string of the molecule is CCOc1cc(C2SCCC(=O)N2CC(=O)OC)ccc1O. The second kappa shape index (κ2) is 7.40. The van der Waals surface area contributed by atoms with Gasteiger partial charge in [0.1, 0.15) is 11.9 Å². The van der Waals surface area contributed by atoms with E-state index in [1.54, 1.807) is 23.9 Å².